The Morgan fingerprint density at radius 3 is 2.44 bits per heavy atom. The molecule has 2 aliphatic heterocycles. The minimum Gasteiger partial charge on any atom is -0.345 e. The maximum Gasteiger partial charge on any atom is 0.106 e. The highest BCUT2D eigenvalue weighted by Crippen LogP contribution is 2.28. The zero-order valence-corrected chi connectivity index (χ0v) is 17.5. The number of likely N-dealkylation sites (tertiary alicyclic amines) is 1. The predicted molar refractivity (Wildman–Crippen MR) is 111 cm³/mol. The second kappa shape index (κ2) is 9.06. The van der Waals surface area contributed by atoms with Gasteiger partial charge in [0.15, 0.2) is 0 Å². The molecule has 1 aromatic heterocycles. The van der Waals surface area contributed by atoms with Crippen molar-refractivity contribution in [1.29, 1.82) is 0 Å². The lowest BCUT2D eigenvalue weighted by Crippen LogP contribution is -2.51. The molecule has 1 saturated carbocycles. The van der Waals surface area contributed by atoms with Crippen LogP contribution in [0.2, 0.25) is 0 Å². The first-order valence-electron chi connectivity index (χ1n) is 11.3. The van der Waals surface area contributed by atoms with E-state index in [1.165, 1.54) is 89.3 Å². The monoisotopic (exact) mass is 373 g/mol. The average Bonchev–Trinajstić information content (AvgIpc) is 3.35. The number of hydrogen-bond acceptors (Lipinski definition) is 4. The third-order valence-electron chi connectivity index (χ3n) is 7.46. The molecule has 1 aromatic rings. The van der Waals surface area contributed by atoms with Crippen molar-refractivity contribution < 1.29 is 0 Å². The molecule has 0 radical (unpaired) electrons. The smallest absolute Gasteiger partial charge is 0.106 e. The first-order chi connectivity index (χ1) is 13.2. The lowest BCUT2D eigenvalue weighted by Gasteiger charge is -2.42. The summed E-state index contributed by atoms with van der Waals surface area (Å²) >= 11 is 0. The van der Waals surface area contributed by atoms with Crippen molar-refractivity contribution in [2.24, 2.45) is 11.8 Å². The molecule has 4 rings (SSSR count). The van der Waals surface area contributed by atoms with Gasteiger partial charge < -0.3 is 9.88 Å². The molecule has 5 nitrogen and oxygen atoms in total. The quantitative estimate of drug-likeness (QED) is 0.832. The van der Waals surface area contributed by atoms with Gasteiger partial charge in [0.05, 0.1) is 0 Å². The van der Waals surface area contributed by atoms with E-state index >= 15 is 0 Å². The molecular weight excluding hydrogens is 334 g/mol. The minimum atomic E-state index is 0.742. The van der Waals surface area contributed by atoms with Gasteiger partial charge >= 0.3 is 0 Å². The Hall–Kier alpha value is -0.910. The van der Waals surface area contributed by atoms with E-state index < -0.39 is 0 Å². The fraction of sp³-hybridized carbons (Fsp3) is 0.864. The van der Waals surface area contributed by atoms with Crippen molar-refractivity contribution in [3.63, 3.8) is 0 Å². The third-order valence-corrected chi connectivity index (χ3v) is 7.46. The Balaban J connectivity index is 1.21. The van der Waals surface area contributed by atoms with Gasteiger partial charge in [-0.2, -0.15) is 0 Å². The van der Waals surface area contributed by atoms with Crippen molar-refractivity contribution in [3.05, 3.63) is 17.7 Å². The summed E-state index contributed by atoms with van der Waals surface area (Å²) in [6.07, 6.45) is 11.6. The maximum atomic E-state index is 4.66. The number of nitrogens with zero attached hydrogens (tertiary/aromatic N) is 4. The highest BCUT2D eigenvalue weighted by molar-refractivity contribution is 5.03. The highest BCUT2D eigenvalue weighted by Gasteiger charge is 2.29. The van der Waals surface area contributed by atoms with Crippen LogP contribution in [0.25, 0.3) is 0 Å². The van der Waals surface area contributed by atoms with Gasteiger partial charge in [0.2, 0.25) is 0 Å². The lowest BCUT2D eigenvalue weighted by molar-refractivity contribution is 0.0596. The second-order valence-electron chi connectivity index (χ2n) is 9.40. The number of piperidine rings is 1. The maximum absolute atomic E-state index is 4.66. The van der Waals surface area contributed by atoms with E-state index in [1.807, 2.05) is 0 Å². The van der Waals surface area contributed by atoms with Gasteiger partial charge in [0.25, 0.3) is 0 Å². The summed E-state index contributed by atoms with van der Waals surface area (Å²) in [6, 6.07) is 0.742. The van der Waals surface area contributed by atoms with E-state index in [0.29, 0.717) is 0 Å². The first kappa shape index (κ1) is 19.4. The van der Waals surface area contributed by atoms with E-state index in [-0.39, 0.29) is 0 Å². The van der Waals surface area contributed by atoms with Gasteiger partial charge in [-0.05, 0) is 51.7 Å². The molecule has 27 heavy (non-hydrogen) atoms. The summed E-state index contributed by atoms with van der Waals surface area (Å²) in [6.45, 7) is 10.9. The van der Waals surface area contributed by atoms with E-state index in [0.717, 1.165) is 30.8 Å². The van der Waals surface area contributed by atoms with E-state index in [9.17, 15) is 0 Å². The number of aromatic nitrogens is 2. The molecule has 3 aliphatic rings. The van der Waals surface area contributed by atoms with Gasteiger partial charge in [-0.3, -0.25) is 9.80 Å². The number of H-pyrrole nitrogens is 1. The normalized spacial score (nSPS) is 26.0. The van der Waals surface area contributed by atoms with Crippen molar-refractivity contribution in [2.75, 3.05) is 46.3 Å². The summed E-state index contributed by atoms with van der Waals surface area (Å²) < 4.78 is 0. The summed E-state index contributed by atoms with van der Waals surface area (Å²) in [5.74, 6) is 2.95. The van der Waals surface area contributed by atoms with E-state index in [4.69, 9.17) is 0 Å². The van der Waals surface area contributed by atoms with Crippen LogP contribution < -0.4 is 0 Å². The standard InChI is InChI=1S/C22H39N5/c1-18(27-13-11-25(2)12-14-27)20-7-9-26(10-8-20)17-21-16-23-22(24-21)15-19-5-3-4-6-19/h16,18-20H,3-15,17H2,1-2H3,(H,23,24)/t18-/m0/s1. The van der Waals surface area contributed by atoms with Crippen molar-refractivity contribution in [3.8, 4) is 0 Å². The second-order valence-corrected chi connectivity index (χ2v) is 9.40. The molecule has 3 fully saturated rings. The third kappa shape index (κ3) is 5.12. The van der Waals surface area contributed by atoms with Crippen LogP contribution in [-0.4, -0.2) is 77.0 Å². The molecule has 3 heterocycles. The topological polar surface area (TPSA) is 38.4 Å². The van der Waals surface area contributed by atoms with Crippen molar-refractivity contribution in [1.82, 2.24) is 24.7 Å². The van der Waals surface area contributed by atoms with E-state index in [1.54, 1.807) is 0 Å². The van der Waals surface area contributed by atoms with Crippen LogP contribution in [0.5, 0.6) is 0 Å². The average molecular weight is 374 g/mol. The lowest BCUT2D eigenvalue weighted by atomic mass is 9.89. The molecule has 152 valence electrons. The zero-order valence-electron chi connectivity index (χ0n) is 17.5. The SMILES string of the molecule is C[C@@H](C1CCN(Cc2cnc(CC3CCCC3)[nH]2)CC1)N1CCN(C)CC1. The van der Waals surface area contributed by atoms with Gasteiger partial charge in [-0.25, -0.2) is 4.98 Å². The molecule has 1 N–H and O–H groups in total. The van der Waals surface area contributed by atoms with Gasteiger partial charge in [0.1, 0.15) is 5.82 Å². The number of piperazine rings is 1. The summed E-state index contributed by atoms with van der Waals surface area (Å²) in [4.78, 5) is 16.1. The van der Waals surface area contributed by atoms with Crippen LogP contribution in [0, 0.1) is 11.8 Å². The number of hydrogen-bond donors (Lipinski definition) is 1. The molecule has 0 bridgehead atoms. The summed E-state index contributed by atoms with van der Waals surface area (Å²) in [5.41, 5.74) is 1.31. The zero-order chi connectivity index (χ0) is 18.6. The Labute approximate surface area is 165 Å². The molecule has 5 heteroatoms. The predicted octanol–water partition coefficient (Wildman–Crippen LogP) is 2.99. The molecular formula is C22H39N5. The largest absolute Gasteiger partial charge is 0.345 e. The first-order valence-corrected chi connectivity index (χ1v) is 11.3. The van der Waals surface area contributed by atoms with Crippen LogP contribution in [0.1, 0.15) is 57.0 Å². The molecule has 0 unspecified atom stereocenters. The van der Waals surface area contributed by atoms with E-state index in [2.05, 4.69) is 44.8 Å². The molecule has 2 saturated heterocycles. The number of aromatic amines is 1. The Kier molecular flexibility index (Phi) is 6.51. The molecule has 0 spiro atoms. The van der Waals surface area contributed by atoms with Crippen LogP contribution in [0.4, 0.5) is 0 Å². The van der Waals surface area contributed by atoms with Crippen molar-refractivity contribution in [2.45, 2.75) is 64.5 Å². The van der Waals surface area contributed by atoms with Crippen LogP contribution in [-0.2, 0) is 13.0 Å². The van der Waals surface area contributed by atoms with Crippen molar-refractivity contribution >= 4 is 0 Å². The Bertz CT molecular complexity index is 563. The fourth-order valence-electron chi connectivity index (χ4n) is 5.44. The molecule has 1 atom stereocenters. The number of rotatable bonds is 6. The Morgan fingerprint density at radius 2 is 1.74 bits per heavy atom. The van der Waals surface area contributed by atoms with Crippen LogP contribution in [0.15, 0.2) is 6.20 Å². The van der Waals surface area contributed by atoms with Gasteiger partial charge in [0, 0.05) is 57.1 Å². The Morgan fingerprint density at radius 1 is 1.04 bits per heavy atom. The van der Waals surface area contributed by atoms with Gasteiger partial charge in [-0.1, -0.05) is 25.7 Å². The number of nitrogens with one attached hydrogen (secondary N) is 1. The van der Waals surface area contributed by atoms with Crippen LogP contribution >= 0.6 is 0 Å². The number of imidazole rings is 1. The molecule has 0 amide bonds. The van der Waals surface area contributed by atoms with Crippen LogP contribution in [0.3, 0.4) is 0 Å². The highest BCUT2D eigenvalue weighted by atomic mass is 15.3. The van der Waals surface area contributed by atoms with Gasteiger partial charge in [-0.15, -0.1) is 0 Å². The summed E-state index contributed by atoms with van der Waals surface area (Å²) in [5, 5.41) is 0. The number of likely N-dealkylation sites (N-methyl/N-ethyl adjacent to an activating group) is 1. The molecule has 1 aliphatic carbocycles. The fourth-order valence-corrected chi connectivity index (χ4v) is 5.44. The summed E-state index contributed by atoms with van der Waals surface area (Å²) in [7, 11) is 2.25. The molecule has 0 aromatic carbocycles. The minimum absolute atomic E-state index is 0.742.